The van der Waals surface area contributed by atoms with Gasteiger partial charge in [-0.1, -0.05) is 12.2 Å². The number of halogens is 1. The van der Waals surface area contributed by atoms with Gasteiger partial charge in [0.2, 0.25) is 5.95 Å². The van der Waals surface area contributed by atoms with Gasteiger partial charge in [0.15, 0.2) is 0 Å². The Bertz CT molecular complexity index is 1240. The summed E-state index contributed by atoms with van der Waals surface area (Å²) in [6, 6.07) is 4.67. The minimum Gasteiger partial charge on any atom is -0.389 e. The van der Waals surface area contributed by atoms with Crippen molar-refractivity contribution in [2.24, 2.45) is 0 Å². The van der Waals surface area contributed by atoms with Crippen LogP contribution in [0.25, 0.3) is 17.0 Å². The van der Waals surface area contributed by atoms with Crippen LogP contribution in [-0.4, -0.2) is 52.6 Å². The molecule has 2 atom stereocenters. The average molecular weight is 422 g/mol. The molecular weight excluding hydrogens is 399 g/mol. The first kappa shape index (κ1) is 19.8. The van der Waals surface area contributed by atoms with Crippen LogP contribution in [0.2, 0.25) is 0 Å². The largest absolute Gasteiger partial charge is 0.389 e. The van der Waals surface area contributed by atoms with Crippen molar-refractivity contribution in [3.05, 3.63) is 69.8 Å². The molecule has 0 aliphatic carbocycles. The van der Waals surface area contributed by atoms with Crippen LogP contribution in [0.3, 0.4) is 0 Å². The van der Waals surface area contributed by atoms with Gasteiger partial charge in [-0.25, -0.2) is 9.97 Å². The Morgan fingerprint density at radius 1 is 1.32 bits per heavy atom. The van der Waals surface area contributed by atoms with E-state index >= 15 is 0 Å². The molecule has 2 aromatic heterocycles. The number of benzene rings is 1. The number of aliphatic hydroxyl groups excluding tert-OH is 1. The van der Waals surface area contributed by atoms with Crippen molar-refractivity contribution in [3.8, 4) is 0 Å². The van der Waals surface area contributed by atoms with E-state index in [1.54, 1.807) is 6.07 Å². The fraction of sp³-hybridized carbons (Fsp3) is 0.348. The minimum atomic E-state index is -0.756. The lowest BCUT2D eigenvalue weighted by Gasteiger charge is -2.30. The van der Waals surface area contributed by atoms with Crippen LogP contribution in [0.1, 0.15) is 29.2 Å². The highest BCUT2D eigenvalue weighted by Crippen LogP contribution is 2.35. The third-order valence-electron chi connectivity index (χ3n) is 6.05. The average Bonchev–Trinajstić information content (AvgIpc) is 2.75. The second kappa shape index (κ2) is 7.86. The van der Waals surface area contributed by atoms with Crippen molar-refractivity contribution in [3.63, 3.8) is 0 Å². The topological polar surface area (TPSA) is 80.5 Å². The lowest BCUT2D eigenvalue weighted by Crippen LogP contribution is -2.39. The Morgan fingerprint density at radius 3 is 3.00 bits per heavy atom. The smallest absolute Gasteiger partial charge is 0.261 e. The predicted octanol–water partition coefficient (Wildman–Crippen LogP) is 2.31. The van der Waals surface area contributed by atoms with Gasteiger partial charge in [-0.15, -0.1) is 0 Å². The highest BCUT2D eigenvalue weighted by molar-refractivity contribution is 5.97. The predicted molar refractivity (Wildman–Crippen MR) is 116 cm³/mol. The number of hydrogen-bond donors (Lipinski definition) is 1. The van der Waals surface area contributed by atoms with Gasteiger partial charge in [0, 0.05) is 32.0 Å². The molecule has 160 valence electrons. The van der Waals surface area contributed by atoms with Crippen LogP contribution in [0.15, 0.2) is 41.6 Å². The molecule has 1 fully saturated rings. The molecule has 4 heterocycles. The molecule has 1 saturated heterocycles. The van der Waals surface area contributed by atoms with E-state index in [4.69, 9.17) is 4.74 Å². The van der Waals surface area contributed by atoms with Crippen molar-refractivity contribution in [2.45, 2.75) is 25.0 Å². The van der Waals surface area contributed by atoms with E-state index in [0.717, 1.165) is 22.4 Å². The van der Waals surface area contributed by atoms with E-state index in [1.807, 2.05) is 19.2 Å². The third kappa shape index (κ3) is 3.51. The maximum Gasteiger partial charge on any atom is 0.261 e. The normalized spacial score (nSPS) is 20.8. The molecule has 8 heteroatoms. The molecule has 0 spiro atoms. The van der Waals surface area contributed by atoms with Gasteiger partial charge in [0.25, 0.3) is 5.56 Å². The van der Waals surface area contributed by atoms with Gasteiger partial charge in [0.05, 0.1) is 36.2 Å². The Balaban J connectivity index is 1.70. The van der Waals surface area contributed by atoms with Crippen LogP contribution in [0.4, 0.5) is 10.1 Å². The standard InChI is InChI=1S/C23H23FN4O3/c1-27-7-2-3-16-15(9-14-4-6-25-20(24)10-14)11-17-21(22(16)27)26-13-28(23(17)30)18-5-8-31-12-19(18)29/h2-4,6,10-11,13,18-19,29H,5,7-9,12H2,1H3/t18-,19-/m0/s1. The highest BCUT2D eigenvalue weighted by atomic mass is 19.1. The summed E-state index contributed by atoms with van der Waals surface area (Å²) in [5, 5.41) is 10.8. The molecular formula is C23H23FN4O3. The van der Waals surface area contributed by atoms with E-state index in [2.05, 4.69) is 20.9 Å². The zero-order valence-corrected chi connectivity index (χ0v) is 17.2. The number of nitrogens with zero attached hydrogens (tertiary/aromatic N) is 4. The zero-order chi connectivity index (χ0) is 21.5. The van der Waals surface area contributed by atoms with Gasteiger partial charge in [0.1, 0.15) is 5.52 Å². The van der Waals surface area contributed by atoms with E-state index in [-0.39, 0.29) is 18.2 Å². The van der Waals surface area contributed by atoms with Crippen LogP contribution in [-0.2, 0) is 11.2 Å². The molecule has 1 N–H and O–H groups in total. The number of fused-ring (bicyclic) bond motifs is 3. The molecule has 0 bridgehead atoms. The Kier molecular flexibility index (Phi) is 5.03. The summed E-state index contributed by atoms with van der Waals surface area (Å²) in [6.45, 7) is 1.40. The van der Waals surface area contributed by atoms with Crippen molar-refractivity contribution >= 4 is 22.7 Å². The lowest BCUT2D eigenvalue weighted by atomic mass is 9.94. The number of rotatable bonds is 3. The summed E-state index contributed by atoms with van der Waals surface area (Å²) >= 11 is 0. The zero-order valence-electron chi connectivity index (χ0n) is 17.2. The number of aliphatic hydroxyl groups is 1. The maximum absolute atomic E-state index is 13.7. The summed E-state index contributed by atoms with van der Waals surface area (Å²) < 4.78 is 20.5. The van der Waals surface area contributed by atoms with E-state index in [0.29, 0.717) is 36.9 Å². The lowest BCUT2D eigenvalue weighted by molar-refractivity contribution is -0.0395. The number of ether oxygens (including phenoxy) is 1. The molecule has 0 saturated carbocycles. The molecule has 0 radical (unpaired) electrons. The Morgan fingerprint density at radius 2 is 2.19 bits per heavy atom. The number of anilines is 1. The van der Waals surface area contributed by atoms with Crippen molar-refractivity contribution in [1.29, 1.82) is 0 Å². The van der Waals surface area contributed by atoms with Crippen LogP contribution in [0, 0.1) is 5.95 Å². The van der Waals surface area contributed by atoms with Crippen molar-refractivity contribution in [2.75, 3.05) is 31.7 Å². The summed E-state index contributed by atoms with van der Waals surface area (Å²) in [5.74, 6) is -0.530. The quantitative estimate of drug-likeness (QED) is 0.653. The molecule has 0 unspecified atom stereocenters. The number of likely N-dealkylation sites (N-methyl/N-ethyl adjacent to an activating group) is 1. The Labute approximate surface area is 178 Å². The van der Waals surface area contributed by atoms with E-state index < -0.39 is 12.1 Å². The fourth-order valence-electron chi connectivity index (χ4n) is 4.52. The minimum absolute atomic E-state index is 0.191. The third-order valence-corrected chi connectivity index (χ3v) is 6.05. The second-order valence-electron chi connectivity index (χ2n) is 8.10. The van der Waals surface area contributed by atoms with Gasteiger partial charge >= 0.3 is 0 Å². The van der Waals surface area contributed by atoms with Gasteiger partial charge < -0.3 is 14.7 Å². The first-order chi connectivity index (χ1) is 15.0. The number of hydrogen-bond acceptors (Lipinski definition) is 6. The molecule has 0 amide bonds. The second-order valence-corrected chi connectivity index (χ2v) is 8.10. The monoisotopic (exact) mass is 422 g/mol. The first-order valence-electron chi connectivity index (χ1n) is 10.3. The molecule has 1 aromatic carbocycles. The van der Waals surface area contributed by atoms with Gasteiger partial charge in [-0.05, 0) is 42.2 Å². The molecule has 5 rings (SSSR count). The van der Waals surface area contributed by atoms with Crippen LogP contribution in [0.5, 0.6) is 0 Å². The van der Waals surface area contributed by atoms with E-state index in [1.165, 1.54) is 23.2 Å². The van der Waals surface area contributed by atoms with Gasteiger partial charge in [-0.3, -0.25) is 9.36 Å². The van der Waals surface area contributed by atoms with Crippen molar-refractivity contribution < 1.29 is 14.2 Å². The van der Waals surface area contributed by atoms with Gasteiger partial charge in [-0.2, -0.15) is 4.39 Å². The molecule has 2 aliphatic rings. The molecule has 2 aliphatic heterocycles. The van der Waals surface area contributed by atoms with Crippen LogP contribution < -0.4 is 10.5 Å². The molecule has 31 heavy (non-hydrogen) atoms. The summed E-state index contributed by atoms with van der Waals surface area (Å²) in [7, 11) is 1.97. The maximum atomic E-state index is 13.7. The first-order valence-corrected chi connectivity index (χ1v) is 10.3. The molecule has 3 aromatic rings. The van der Waals surface area contributed by atoms with Crippen molar-refractivity contribution in [1.82, 2.24) is 14.5 Å². The fourth-order valence-corrected chi connectivity index (χ4v) is 4.52. The number of pyridine rings is 1. The summed E-state index contributed by atoms with van der Waals surface area (Å²) in [4.78, 5) is 23.8. The SMILES string of the molecule is CN1CC=Cc2c(Cc3ccnc(F)c3)cc3c(=O)n([C@H]4CCOC[C@@H]4O)cnc3c21. The Hall–Kier alpha value is -3.10. The van der Waals surface area contributed by atoms with E-state index in [9.17, 15) is 14.3 Å². The highest BCUT2D eigenvalue weighted by Gasteiger charge is 2.28. The summed E-state index contributed by atoms with van der Waals surface area (Å²) in [6.07, 6.45) is 7.33. The molecule has 7 nitrogen and oxygen atoms in total. The van der Waals surface area contributed by atoms with Crippen LogP contribution >= 0.6 is 0 Å². The summed E-state index contributed by atoms with van der Waals surface area (Å²) in [5.41, 5.74) is 4.01. The number of aromatic nitrogens is 3.